The molecule has 0 aromatic heterocycles. The summed E-state index contributed by atoms with van der Waals surface area (Å²) in [5.41, 5.74) is 1.10. The van der Waals surface area contributed by atoms with Crippen molar-refractivity contribution < 1.29 is 9.59 Å². The Kier molecular flexibility index (Phi) is 3.62. The van der Waals surface area contributed by atoms with Gasteiger partial charge in [-0.15, -0.1) is 6.42 Å². The molecule has 1 aromatic rings. The largest absolute Gasteiger partial charge is 0.344 e. The second kappa shape index (κ2) is 5.36. The van der Waals surface area contributed by atoms with Crippen LogP contribution in [0.15, 0.2) is 35.4 Å². The number of nitrogens with zero attached hydrogens (tertiary/aromatic N) is 2. The van der Waals surface area contributed by atoms with E-state index in [9.17, 15) is 9.59 Å². The van der Waals surface area contributed by atoms with Gasteiger partial charge in [0.15, 0.2) is 5.92 Å². The van der Waals surface area contributed by atoms with Crippen LogP contribution in [0.1, 0.15) is 6.92 Å². The van der Waals surface area contributed by atoms with Gasteiger partial charge in [-0.05, 0) is 19.1 Å². The number of anilines is 1. The Bertz CT molecular complexity index is 572. The Morgan fingerprint density at radius 3 is 2.79 bits per heavy atom. The van der Waals surface area contributed by atoms with E-state index in [-0.39, 0.29) is 12.5 Å². The van der Waals surface area contributed by atoms with Crippen molar-refractivity contribution in [3.8, 4) is 12.3 Å². The maximum Gasteiger partial charge on any atom is 0.265 e. The zero-order valence-corrected chi connectivity index (χ0v) is 10.5. The molecule has 1 N–H and O–H groups in total. The molecule has 96 valence electrons. The summed E-state index contributed by atoms with van der Waals surface area (Å²) in [6, 6.07) is 8.98. The summed E-state index contributed by atoms with van der Waals surface area (Å²) >= 11 is 0. The van der Waals surface area contributed by atoms with Crippen LogP contribution in [-0.2, 0) is 9.59 Å². The van der Waals surface area contributed by atoms with Crippen LogP contribution in [-0.4, -0.2) is 24.1 Å². The van der Waals surface area contributed by atoms with E-state index >= 15 is 0 Å². The van der Waals surface area contributed by atoms with Crippen LogP contribution in [0.4, 0.5) is 5.69 Å². The van der Waals surface area contributed by atoms with Gasteiger partial charge in [0.25, 0.3) is 5.91 Å². The first-order valence-corrected chi connectivity index (χ1v) is 5.80. The van der Waals surface area contributed by atoms with E-state index in [0.717, 1.165) is 0 Å². The Balaban J connectivity index is 2.20. The fraction of sp³-hybridized carbons (Fsp3) is 0.214. The van der Waals surface area contributed by atoms with Crippen LogP contribution in [0.5, 0.6) is 0 Å². The monoisotopic (exact) mass is 255 g/mol. The van der Waals surface area contributed by atoms with Gasteiger partial charge >= 0.3 is 0 Å². The smallest absolute Gasteiger partial charge is 0.265 e. The van der Waals surface area contributed by atoms with Crippen molar-refractivity contribution in [2.24, 2.45) is 11.0 Å². The van der Waals surface area contributed by atoms with Gasteiger partial charge in [-0.25, -0.2) is 0 Å². The van der Waals surface area contributed by atoms with Gasteiger partial charge in [0, 0.05) is 0 Å². The Morgan fingerprint density at radius 2 is 2.16 bits per heavy atom. The maximum absolute atomic E-state index is 12.2. The number of carbonyl (C=O) groups excluding carboxylic acids is 2. The van der Waals surface area contributed by atoms with Gasteiger partial charge in [0.05, 0.1) is 17.9 Å². The van der Waals surface area contributed by atoms with Gasteiger partial charge in [0.2, 0.25) is 5.91 Å². The Morgan fingerprint density at radius 1 is 1.47 bits per heavy atom. The summed E-state index contributed by atoms with van der Waals surface area (Å²) in [5, 5.41) is 7.89. The van der Waals surface area contributed by atoms with Crippen LogP contribution in [0.25, 0.3) is 0 Å². The summed E-state index contributed by atoms with van der Waals surface area (Å²) < 4.78 is 0. The van der Waals surface area contributed by atoms with Crippen LogP contribution in [0, 0.1) is 18.3 Å². The molecule has 0 radical (unpaired) electrons. The lowest BCUT2D eigenvalue weighted by molar-refractivity contribution is -0.130. The predicted octanol–water partition coefficient (Wildman–Crippen LogP) is 0.775. The summed E-state index contributed by atoms with van der Waals surface area (Å²) in [6.45, 7) is 1.75. The van der Waals surface area contributed by atoms with Crippen molar-refractivity contribution in [2.75, 3.05) is 11.6 Å². The molecular formula is C14H13N3O2. The number of nitrogens with one attached hydrogen (secondary N) is 1. The van der Waals surface area contributed by atoms with Crippen molar-refractivity contribution in [3.63, 3.8) is 0 Å². The highest BCUT2D eigenvalue weighted by atomic mass is 16.2. The second-order valence-corrected chi connectivity index (χ2v) is 4.08. The lowest BCUT2D eigenvalue weighted by Crippen LogP contribution is -2.40. The molecule has 0 bridgehead atoms. The molecule has 1 aliphatic rings. The number of rotatable bonds is 3. The lowest BCUT2D eigenvalue weighted by Gasteiger charge is -2.13. The van der Waals surface area contributed by atoms with E-state index in [1.807, 2.05) is 6.07 Å². The van der Waals surface area contributed by atoms with E-state index in [4.69, 9.17) is 6.42 Å². The predicted molar refractivity (Wildman–Crippen MR) is 72.4 cm³/mol. The molecule has 0 saturated heterocycles. The van der Waals surface area contributed by atoms with Crippen LogP contribution in [0.2, 0.25) is 0 Å². The molecule has 0 fully saturated rings. The Hall–Kier alpha value is -2.61. The molecule has 1 aromatic carbocycles. The third-order valence-corrected chi connectivity index (χ3v) is 2.76. The van der Waals surface area contributed by atoms with Crippen LogP contribution >= 0.6 is 0 Å². The molecule has 0 spiro atoms. The van der Waals surface area contributed by atoms with Crippen molar-refractivity contribution in [2.45, 2.75) is 6.92 Å². The summed E-state index contributed by atoms with van der Waals surface area (Å²) in [6.07, 6.45) is 5.07. The normalized spacial score (nSPS) is 17.9. The molecule has 0 saturated carbocycles. The first kappa shape index (κ1) is 12.8. The number of amides is 2. The van der Waals surface area contributed by atoms with Gasteiger partial charge in [0.1, 0.15) is 0 Å². The highest BCUT2D eigenvalue weighted by Gasteiger charge is 2.39. The first-order valence-electron chi connectivity index (χ1n) is 5.80. The quantitative estimate of drug-likeness (QED) is 0.640. The number of carbonyl (C=O) groups is 2. The average Bonchev–Trinajstić information content (AvgIpc) is 2.72. The fourth-order valence-electron chi connectivity index (χ4n) is 1.86. The summed E-state index contributed by atoms with van der Waals surface area (Å²) in [4.78, 5) is 24.1. The minimum atomic E-state index is -0.895. The molecule has 0 unspecified atom stereocenters. The SMILES string of the molecule is C#CCNC(=O)[C@H]1C(=O)N(c2ccccc2)N=C1C. The Labute approximate surface area is 111 Å². The van der Waals surface area contributed by atoms with Crippen LogP contribution in [0.3, 0.4) is 0 Å². The zero-order valence-electron chi connectivity index (χ0n) is 10.5. The van der Waals surface area contributed by atoms with Crippen molar-refractivity contribution in [1.82, 2.24) is 5.32 Å². The van der Waals surface area contributed by atoms with Gasteiger partial charge in [-0.3, -0.25) is 9.59 Å². The molecule has 1 aliphatic heterocycles. The van der Waals surface area contributed by atoms with Gasteiger partial charge in [-0.1, -0.05) is 24.1 Å². The van der Waals surface area contributed by atoms with Crippen molar-refractivity contribution in [3.05, 3.63) is 30.3 Å². The van der Waals surface area contributed by atoms with E-state index in [2.05, 4.69) is 16.3 Å². The maximum atomic E-state index is 12.2. The molecule has 19 heavy (non-hydrogen) atoms. The van der Waals surface area contributed by atoms with Gasteiger partial charge < -0.3 is 5.32 Å². The number of terminal acetylenes is 1. The lowest BCUT2D eigenvalue weighted by atomic mass is 10.0. The molecule has 5 heteroatoms. The highest BCUT2D eigenvalue weighted by Crippen LogP contribution is 2.23. The van der Waals surface area contributed by atoms with Crippen LogP contribution < -0.4 is 10.3 Å². The third kappa shape index (κ3) is 2.47. The molecular weight excluding hydrogens is 242 g/mol. The van der Waals surface area contributed by atoms with Gasteiger partial charge in [-0.2, -0.15) is 10.1 Å². The molecule has 1 atom stereocenters. The molecule has 1 heterocycles. The van der Waals surface area contributed by atoms with Crippen molar-refractivity contribution >= 4 is 23.2 Å². The second-order valence-electron chi connectivity index (χ2n) is 4.08. The van der Waals surface area contributed by atoms with E-state index in [0.29, 0.717) is 11.4 Å². The van der Waals surface area contributed by atoms with Crippen molar-refractivity contribution in [1.29, 1.82) is 0 Å². The highest BCUT2D eigenvalue weighted by molar-refractivity contribution is 6.26. The fourth-order valence-corrected chi connectivity index (χ4v) is 1.86. The average molecular weight is 255 g/mol. The minimum Gasteiger partial charge on any atom is -0.344 e. The molecule has 2 amide bonds. The zero-order chi connectivity index (χ0) is 13.8. The number of hydrogen-bond acceptors (Lipinski definition) is 3. The summed E-state index contributed by atoms with van der Waals surface area (Å²) in [7, 11) is 0. The minimum absolute atomic E-state index is 0.0984. The summed E-state index contributed by atoms with van der Waals surface area (Å²) in [5.74, 6) is 0.626. The molecule has 5 nitrogen and oxygen atoms in total. The van der Waals surface area contributed by atoms with E-state index in [1.165, 1.54) is 5.01 Å². The molecule has 2 rings (SSSR count). The van der Waals surface area contributed by atoms with E-state index < -0.39 is 11.8 Å². The first-order chi connectivity index (χ1) is 9.15. The number of hydrazone groups is 1. The molecule has 0 aliphatic carbocycles. The number of benzene rings is 1. The number of hydrogen-bond donors (Lipinski definition) is 1. The topological polar surface area (TPSA) is 61.8 Å². The standard InChI is InChI=1S/C14H13N3O2/c1-3-9-15-13(18)12-10(2)16-17(14(12)19)11-7-5-4-6-8-11/h1,4-8,12H,9H2,2H3,(H,15,18)/t12-/m0/s1. The number of para-hydroxylation sites is 1. The van der Waals surface area contributed by atoms with E-state index in [1.54, 1.807) is 31.2 Å². The third-order valence-electron chi connectivity index (χ3n) is 2.76.